The average Bonchev–Trinajstić information content (AvgIpc) is 3.42. The van der Waals surface area contributed by atoms with Crippen LogP contribution in [0.1, 0.15) is 11.1 Å². The number of furan rings is 1. The Bertz CT molecular complexity index is 1150. The predicted molar refractivity (Wildman–Crippen MR) is 101 cm³/mol. The summed E-state index contributed by atoms with van der Waals surface area (Å²) in [6, 6.07) is 18.5. The van der Waals surface area contributed by atoms with E-state index in [4.69, 9.17) is 14.4 Å². The van der Waals surface area contributed by atoms with Crippen LogP contribution in [0.3, 0.4) is 0 Å². The van der Waals surface area contributed by atoms with Gasteiger partial charge in [0.25, 0.3) is 0 Å². The van der Waals surface area contributed by atoms with Crippen LogP contribution in [0.2, 0.25) is 0 Å². The molecule has 0 aliphatic carbocycles. The second-order valence-electron chi connectivity index (χ2n) is 5.57. The van der Waals surface area contributed by atoms with Crippen molar-refractivity contribution in [2.45, 2.75) is 0 Å². The van der Waals surface area contributed by atoms with Gasteiger partial charge < -0.3 is 9.15 Å². The molecule has 0 bridgehead atoms. The summed E-state index contributed by atoms with van der Waals surface area (Å²) in [6.07, 6.45) is 3.14. The molecule has 3 aromatic heterocycles. The molecule has 0 saturated heterocycles. The lowest BCUT2D eigenvalue weighted by atomic mass is 10.0. The van der Waals surface area contributed by atoms with E-state index in [1.807, 2.05) is 23.6 Å². The second-order valence-corrected chi connectivity index (χ2v) is 6.52. The van der Waals surface area contributed by atoms with Gasteiger partial charge in [0.15, 0.2) is 0 Å². The molecule has 0 aliphatic heterocycles. The third-order valence-corrected chi connectivity index (χ3v) is 4.79. The van der Waals surface area contributed by atoms with Gasteiger partial charge in [-0.25, -0.2) is 4.98 Å². The molecule has 0 N–H and O–H groups in total. The molecule has 0 unspecified atom stereocenters. The van der Waals surface area contributed by atoms with Crippen molar-refractivity contribution in [3.8, 4) is 45.5 Å². The highest BCUT2D eigenvalue weighted by Gasteiger charge is 2.18. The van der Waals surface area contributed by atoms with Gasteiger partial charge in [-0.2, -0.15) is 10.5 Å². The van der Waals surface area contributed by atoms with Crippen molar-refractivity contribution in [2.75, 3.05) is 0 Å². The summed E-state index contributed by atoms with van der Waals surface area (Å²) in [7, 11) is 0. The average molecular weight is 369 g/mol. The third-order valence-electron chi connectivity index (χ3n) is 3.90. The zero-order chi connectivity index (χ0) is 18.6. The molecule has 0 amide bonds. The lowest BCUT2D eigenvalue weighted by Gasteiger charge is -2.11. The Labute approximate surface area is 159 Å². The zero-order valence-corrected chi connectivity index (χ0v) is 14.7. The Hall–Kier alpha value is -3.87. The second kappa shape index (κ2) is 7.17. The van der Waals surface area contributed by atoms with Gasteiger partial charge >= 0.3 is 0 Å². The van der Waals surface area contributed by atoms with Crippen LogP contribution < -0.4 is 4.74 Å². The van der Waals surface area contributed by atoms with Gasteiger partial charge in [0.05, 0.1) is 34.7 Å². The van der Waals surface area contributed by atoms with Gasteiger partial charge in [-0.1, -0.05) is 6.07 Å². The van der Waals surface area contributed by atoms with Gasteiger partial charge in [-0.3, -0.25) is 0 Å². The normalized spacial score (nSPS) is 10.1. The molecule has 27 heavy (non-hydrogen) atoms. The van der Waals surface area contributed by atoms with Crippen molar-refractivity contribution in [1.82, 2.24) is 4.98 Å². The smallest absolute Gasteiger partial charge is 0.238 e. The molecule has 6 heteroatoms. The van der Waals surface area contributed by atoms with Crippen LogP contribution in [-0.2, 0) is 0 Å². The van der Waals surface area contributed by atoms with E-state index in [-0.39, 0.29) is 5.88 Å². The lowest BCUT2D eigenvalue weighted by Crippen LogP contribution is -1.97. The zero-order valence-electron chi connectivity index (χ0n) is 13.9. The van der Waals surface area contributed by atoms with E-state index < -0.39 is 0 Å². The summed E-state index contributed by atoms with van der Waals surface area (Å²) in [5, 5.41) is 20.6. The molecule has 3 heterocycles. The number of ether oxygens (including phenoxy) is 1. The number of thiophene rings is 1. The van der Waals surface area contributed by atoms with Gasteiger partial charge in [0.2, 0.25) is 5.88 Å². The Morgan fingerprint density at radius 2 is 1.89 bits per heavy atom. The quantitative estimate of drug-likeness (QED) is 0.467. The van der Waals surface area contributed by atoms with Crippen LogP contribution in [0, 0.1) is 22.7 Å². The number of pyridine rings is 1. The minimum Gasteiger partial charge on any atom is -0.472 e. The minimum atomic E-state index is 0.212. The Kier molecular flexibility index (Phi) is 4.40. The minimum absolute atomic E-state index is 0.212. The molecule has 4 rings (SSSR count). The molecule has 0 spiro atoms. The summed E-state index contributed by atoms with van der Waals surface area (Å²) < 4.78 is 11.1. The van der Waals surface area contributed by atoms with Crippen LogP contribution in [-0.4, -0.2) is 4.98 Å². The molecule has 0 aliphatic rings. The molecule has 5 nitrogen and oxygen atoms in total. The van der Waals surface area contributed by atoms with Crippen molar-refractivity contribution in [3.63, 3.8) is 0 Å². The summed E-state index contributed by atoms with van der Waals surface area (Å²) in [5.41, 5.74) is 3.02. The van der Waals surface area contributed by atoms with E-state index in [0.717, 1.165) is 10.4 Å². The van der Waals surface area contributed by atoms with E-state index >= 15 is 0 Å². The van der Waals surface area contributed by atoms with Gasteiger partial charge in [0.1, 0.15) is 17.4 Å². The fourth-order valence-electron chi connectivity index (χ4n) is 2.61. The van der Waals surface area contributed by atoms with Crippen LogP contribution in [0.15, 0.2) is 70.9 Å². The summed E-state index contributed by atoms with van der Waals surface area (Å²) in [6.45, 7) is 0. The molecular weight excluding hydrogens is 358 g/mol. The van der Waals surface area contributed by atoms with Crippen molar-refractivity contribution >= 4 is 11.3 Å². The van der Waals surface area contributed by atoms with E-state index in [1.54, 1.807) is 54.2 Å². The van der Waals surface area contributed by atoms with Crippen molar-refractivity contribution in [2.24, 2.45) is 0 Å². The molecule has 0 radical (unpaired) electrons. The Morgan fingerprint density at radius 3 is 2.52 bits per heavy atom. The highest BCUT2D eigenvalue weighted by atomic mass is 32.1. The van der Waals surface area contributed by atoms with Gasteiger partial charge in [0, 0.05) is 11.1 Å². The molecule has 1 aromatic carbocycles. The molecular formula is C21H11N3O2S. The monoisotopic (exact) mass is 369 g/mol. The van der Waals surface area contributed by atoms with Crippen molar-refractivity contribution < 1.29 is 9.15 Å². The SMILES string of the molecule is N#Cc1ccc(Oc2nc(-c3cccs3)cc(-c3ccoc3)c2C#N)cc1. The maximum atomic E-state index is 9.74. The summed E-state index contributed by atoms with van der Waals surface area (Å²) in [5.74, 6) is 0.712. The first-order chi connectivity index (χ1) is 13.3. The maximum Gasteiger partial charge on any atom is 0.238 e. The Balaban J connectivity index is 1.86. The fourth-order valence-corrected chi connectivity index (χ4v) is 3.29. The van der Waals surface area contributed by atoms with E-state index in [0.29, 0.717) is 28.1 Å². The lowest BCUT2D eigenvalue weighted by molar-refractivity contribution is 0.462. The Morgan fingerprint density at radius 1 is 1.04 bits per heavy atom. The number of nitrogens with zero attached hydrogens (tertiary/aromatic N) is 3. The molecule has 4 aromatic rings. The van der Waals surface area contributed by atoms with Crippen LogP contribution in [0.5, 0.6) is 11.6 Å². The van der Waals surface area contributed by atoms with Crippen LogP contribution in [0.4, 0.5) is 0 Å². The van der Waals surface area contributed by atoms with Crippen molar-refractivity contribution in [3.05, 3.63) is 77.6 Å². The van der Waals surface area contributed by atoms with E-state index in [2.05, 4.69) is 17.1 Å². The van der Waals surface area contributed by atoms with Crippen LogP contribution in [0.25, 0.3) is 21.7 Å². The number of hydrogen-bond donors (Lipinski definition) is 0. The number of hydrogen-bond acceptors (Lipinski definition) is 6. The molecule has 128 valence electrons. The maximum absolute atomic E-state index is 9.74. The molecule has 0 atom stereocenters. The summed E-state index contributed by atoms with van der Waals surface area (Å²) >= 11 is 1.55. The highest BCUT2D eigenvalue weighted by Crippen LogP contribution is 2.36. The first-order valence-electron chi connectivity index (χ1n) is 7.98. The largest absolute Gasteiger partial charge is 0.472 e. The predicted octanol–water partition coefficient (Wildman–Crippen LogP) is 5.61. The van der Waals surface area contributed by atoms with Crippen molar-refractivity contribution in [1.29, 1.82) is 10.5 Å². The molecule has 0 saturated carbocycles. The van der Waals surface area contributed by atoms with E-state index in [1.165, 1.54) is 0 Å². The summed E-state index contributed by atoms with van der Waals surface area (Å²) in [4.78, 5) is 5.53. The fraction of sp³-hybridized carbons (Fsp3) is 0. The highest BCUT2D eigenvalue weighted by molar-refractivity contribution is 7.13. The number of nitriles is 2. The first kappa shape index (κ1) is 16.6. The third kappa shape index (κ3) is 3.30. The number of rotatable bonds is 4. The van der Waals surface area contributed by atoms with Gasteiger partial charge in [-0.05, 0) is 47.8 Å². The van der Waals surface area contributed by atoms with E-state index in [9.17, 15) is 5.26 Å². The number of aromatic nitrogens is 1. The van der Waals surface area contributed by atoms with Crippen LogP contribution >= 0.6 is 11.3 Å². The van der Waals surface area contributed by atoms with Gasteiger partial charge in [-0.15, -0.1) is 11.3 Å². The topological polar surface area (TPSA) is 82.8 Å². The standard InChI is InChI=1S/C21H11N3O2S/c22-11-14-3-5-16(6-4-14)26-21-18(12-23)17(15-7-8-25-13-15)10-19(24-21)20-2-1-9-27-20/h1-10,13H. The molecule has 0 fully saturated rings. The number of benzene rings is 1. The first-order valence-corrected chi connectivity index (χ1v) is 8.86.